The lowest BCUT2D eigenvalue weighted by Gasteiger charge is -2.15. The van der Waals surface area contributed by atoms with Crippen molar-refractivity contribution in [1.82, 2.24) is 5.32 Å². The highest BCUT2D eigenvalue weighted by Gasteiger charge is 2.31. The van der Waals surface area contributed by atoms with E-state index in [0.717, 1.165) is 36.4 Å². The molecule has 0 aliphatic heterocycles. The van der Waals surface area contributed by atoms with Gasteiger partial charge in [-0.3, -0.25) is 4.79 Å². The normalized spacial score (nSPS) is 13.4. The first-order valence-corrected chi connectivity index (χ1v) is 9.23. The van der Waals surface area contributed by atoms with Gasteiger partial charge in [0.05, 0.1) is 22.1 Å². The molecule has 152 valence electrons. The van der Waals surface area contributed by atoms with Crippen LogP contribution >= 0.6 is 0 Å². The van der Waals surface area contributed by atoms with Gasteiger partial charge in [0.15, 0.2) is 0 Å². The molecule has 0 aliphatic carbocycles. The van der Waals surface area contributed by atoms with Crippen molar-refractivity contribution in [3.8, 4) is 0 Å². The molecule has 2 aromatic rings. The first kappa shape index (κ1) is 21.8. The summed E-state index contributed by atoms with van der Waals surface area (Å²) in [5, 5.41) is 12.2. The van der Waals surface area contributed by atoms with Crippen LogP contribution in [0.25, 0.3) is 0 Å². The van der Waals surface area contributed by atoms with E-state index >= 15 is 0 Å². The van der Waals surface area contributed by atoms with E-state index < -0.39 is 56.3 Å². The van der Waals surface area contributed by atoms with Gasteiger partial charge < -0.3 is 10.4 Å². The predicted octanol–water partition coefficient (Wildman–Crippen LogP) is 3.17. The molecule has 0 spiro atoms. The van der Waals surface area contributed by atoms with Gasteiger partial charge in [-0.05, 0) is 29.8 Å². The van der Waals surface area contributed by atoms with Crippen LogP contribution in [0.5, 0.6) is 0 Å². The summed E-state index contributed by atoms with van der Waals surface area (Å²) in [5.74, 6) is -4.76. The third-order valence-corrected chi connectivity index (χ3v) is 5.19. The second-order valence-corrected chi connectivity index (χ2v) is 7.53. The Bertz CT molecular complexity index is 943. The SMILES string of the molecule is O=C(NC[C@@H](O)c1ccc(C(F)(F)F)cc1)c1ccccc1S(=O)(=O)C(F)F. The number of carbonyl (C=O) groups excluding carboxylic acids is 1. The number of hydrogen-bond acceptors (Lipinski definition) is 4. The number of sulfone groups is 1. The van der Waals surface area contributed by atoms with Crippen LogP contribution < -0.4 is 5.32 Å². The third-order valence-electron chi connectivity index (χ3n) is 3.75. The smallest absolute Gasteiger partial charge is 0.387 e. The maximum Gasteiger partial charge on any atom is 0.416 e. The molecule has 28 heavy (non-hydrogen) atoms. The van der Waals surface area contributed by atoms with Crippen LogP contribution in [0.1, 0.15) is 27.6 Å². The van der Waals surface area contributed by atoms with Gasteiger partial charge in [0.25, 0.3) is 5.91 Å². The Balaban J connectivity index is 2.13. The molecule has 0 aliphatic rings. The fraction of sp³-hybridized carbons (Fsp3) is 0.235. The number of aliphatic hydroxyl groups excluding tert-OH is 1. The summed E-state index contributed by atoms with van der Waals surface area (Å²) in [6, 6.07) is 7.87. The summed E-state index contributed by atoms with van der Waals surface area (Å²) in [4.78, 5) is 11.3. The van der Waals surface area contributed by atoms with Crippen molar-refractivity contribution in [1.29, 1.82) is 0 Å². The first-order valence-electron chi connectivity index (χ1n) is 7.69. The zero-order valence-corrected chi connectivity index (χ0v) is 14.8. The number of amides is 1. The lowest BCUT2D eigenvalue weighted by atomic mass is 10.1. The van der Waals surface area contributed by atoms with Crippen molar-refractivity contribution >= 4 is 15.7 Å². The van der Waals surface area contributed by atoms with Gasteiger partial charge in [0.1, 0.15) is 0 Å². The Hall–Kier alpha value is -2.53. The number of benzene rings is 2. The van der Waals surface area contributed by atoms with Gasteiger partial charge in [-0.2, -0.15) is 22.0 Å². The summed E-state index contributed by atoms with van der Waals surface area (Å²) in [6.45, 7) is -0.479. The minimum absolute atomic E-state index is 0.0711. The van der Waals surface area contributed by atoms with Gasteiger partial charge in [-0.15, -0.1) is 0 Å². The first-order chi connectivity index (χ1) is 12.9. The highest BCUT2D eigenvalue weighted by molar-refractivity contribution is 7.91. The van der Waals surface area contributed by atoms with Crippen molar-refractivity contribution in [3.63, 3.8) is 0 Å². The lowest BCUT2D eigenvalue weighted by Crippen LogP contribution is -2.30. The molecule has 0 saturated carbocycles. The number of nitrogens with one attached hydrogen (secondary N) is 1. The van der Waals surface area contributed by atoms with Crippen LogP contribution in [-0.4, -0.2) is 31.7 Å². The van der Waals surface area contributed by atoms with Crippen molar-refractivity contribution < 1.29 is 40.3 Å². The standard InChI is InChI=1S/C17H14F5NO4S/c18-16(19)28(26,27)14-4-2-1-3-12(14)15(25)23-9-13(24)10-5-7-11(8-6-10)17(20,21)22/h1-8,13,16,24H,9H2,(H,23,25)/t13-/m1/s1. The Labute approximate surface area is 156 Å². The highest BCUT2D eigenvalue weighted by atomic mass is 32.2. The molecule has 0 fully saturated rings. The predicted molar refractivity (Wildman–Crippen MR) is 88.4 cm³/mol. The number of alkyl halides is 5. The minimum atomic E-state index is -5.03. The molecule has 0 bridgehead atoms. The molecule has 0 heterocycles. The molecule has 2 rings (SSSR count). The van der Waals surface area contributed by atoms with Crippen LogP contribution in [0.15, 0.2) is 53.4 Å². The molecule has 0 unspecified atom stereocenters. The van der Waals surface area contributed by atoms with Crippen LogP contribution in [0.2, 0.25) is 0 Å². The molecular formula is C17H14F5NO4S. The Morgan fingerprint density at radius 3 is 2.14 bits per heavy atom. The van der Waals surface area contributed by atoms with Crippen molar-refractivity contribution in [2.75, 3.05) is 6.54 Å². The maximum atomic E-state index is 12.8. The quantitative estimate of drug-likeness (QED) is 0.700. The van der Waals surface area contributed by atoms with E-state index in [-0.39, 0.29) is 5.56 Å². The second-order valence-electron chi connectivity index (χ2n) is 5.65. The highest BCUT2D eigenvalue weighted by Crippen LogP contribution is 2.30. The monoisotopic (exact) mass is 423 g/mol. The molecule has 2 N–H and O–H groups in total. The molecule has 11 heteroatoms. The number of aliphatic hydroxyl groups is 1. The molecule has 1 atom stereocenters. The average molecular weight is 423 g/mol. The summed E-state index contributed by atoms with van der Waals surface area (Å²) < 4.78 is 86.4. The molecule has 0 saturated heterocycles. The van der Waals surface area contributed by atoms with Crippen molar-refractivity contribution in [3.05, 3.63) is 65.2 Å². The molecule has 1 amide bonds. The van der Waals surface area contributed by atoms with Gasteiger partial charge >= 0.3 is 11.9 Å². The average Bonchev–Trinajstić information content (AvgIpc) is 2.65. The zero-order valence-electron chi connectivity index (χ0n) is 14.0. The van der Waals surface area contributed by atoms with Crippen LogP contribution in [0.3, 0.4) is 0 Å². The van der Waals surface area contributed by atoms with Crippen LogP contribution in [0.4, 0.5) is 22.0 Å². The zero-order chi connectivity index (χ0) is 21.1. The van der Waals surface area contributed by atoms with Crippen molar-refractivity contribution in [2.45, 2.75) is 22.9 Å². The van der Waals surface area contributed by atoms with Gasteiger partial charge in [0, 0.05) is 6.54 Å². The summed E-state index contributed by atoms with van der Waals surface area (Å²) in [7, 11) is -5.03. The van der Waals surface area contributed by atoms with Gasteiger partial charge in [-0.1, -0.05) is 24.3 Å². The fourth-order valence-electron chi connectivity index (χ4n) is 2.30. The lowest BCUT2D eigenvalue weighted by molar-refractivity contribution is -0.137. The number of rotatable bonds is 6. The largest absolute Gasteiger partial charge is 0.416 e. The van der Waals surface area contributed by atoms with E-state index in [1.165, 1.54) is 12.1 Å². The summed E-state index contributed by atoms with van der Waals surface area (Å²) in [5.41, 5.74) is -1.39. The van der Waals surface area contributed by atoms with E-state index in [0.29, 0.717) is 0 Å². The third kappa shape index (κ3) is 4.84. The minimum Gasteiger partial charge on any atom is -0.387 e. The molecule has 0 aromatic heterocycles. The van der Waals surface area contributed by atoms with Crippen molar-refractivity contribution in [2.24, 2.45) is 0 Å². The van der Waals surface area contributed by atoms with E-state index in [9.17, 15) is 40.3 Å². The van der Waals surface area contributed by atoms with Gasteiger partial charge in [0.2, 0.25) is 9.84 Å². The number of halogens is 5. The second kappa shape index (κ2) is 8.23. The number of hydrogen-bond donors (Lipinski definition) is 2. The Morgan fingerprint density at radius 1 is 1.04 bits per heavy atom. The van der Waals surface area contributed by atoms with Crippen LogP contribution in [-0.2, 0) is 16.0 Å². The molecular weight excluding hydrogens is 409 g/mol. The molecule has 2 aromatic carbocycles. The Kier molecular flexibility index (Phi) is 6.40. The topological polar surface area (TPSA) is 83.5 Å². The van der Waals surface area contributed by atoms with E-state index in [4.69, 9.17) is 0 Å². The van der Waals surface area contributed by atoms with Crippen LogP contribution in [0, 0.1) is 0 Å². The maximum absolute atomic E-state index is 12.8. The van der Waals surface area contributed by atoms with E-state index in [1.807, 2.05) is 0 Å². The molecule has 0 radical (unpaired) electrons. The van der Waals surface area contributed by atoms with Gasteiger partial charge in [-0.25, -0.2) is 8.42 Å². The fourth-order valence-corrected chi connectivity index (χ4v) is 3.22. The summed E-state index contributed by atoms with van der Waals surface area (Å²) in [6.07, 6.45) is -5.94. The van der Waals surface area contributed by atoms with E-state index in [2.05, 4.69) is 5.32 Å². The number of carbonyl (C=O) groups is 1. The Morgan fingerprint density at radius 2 is 1.61 bits per heavy atom. The molecule has 5 nitrogen and oxygen atoms in total. The summed E-state index contributed by atoms with van der Waals surface area (Å²) >= 11 is 0. The van der Waals surface area contributed by atoms with E-state index in [1.54, 1.807) is 0 Å².